The van der Waals surface area contributed by atoms with E-state index < -0.39 is 10.1 Å². The summed E-state index contributed by atoms with van der Waals surface area (Å²) >= 11 is 0. The Morgan fingerprint density at radius 1 is 0.812 bits per heavy atom. The van der Waals surface area contributed by atoms with Crippen LogP contribution in [0.25, 0.3) is 0 Å². The normalized spacial score (nSPS) is 11.2. The fourth-order valence-corrected chi connectivity index (χ4v) is 3.59. The summed E-state index contributed by atoms with van der Waals surface area (Å²) in [6, 6.07) is 10.6. The number of unbranched alkanes of at least 4 members (excludes halogenated alkanes) is 3. The number of benzene rings is 2. The highest BCUT2D eigenvalue weighted by molar-refractivity contribution is 7.86. The standard InChI is InChI=1S/C12H12N2O4S.C12H27N/c13-8-1-3-9(4-2-8)18-10-5-6-11(14)12(7-10)19(15,16)17;1-4-7-10-13(11-8-5-2)12-9-6-3/h1-7H,13-14H2,(H,15,16,17);4-12H2,1-3H3. The molecule has 0 aliphatic carbocycles. The van der Waals surface area contributed by atoms with Crippen molar-refractivity contribution >= 4 is 21.5 Å². The lowest BCUT2D eigenvalue weighted by Crippen LogP contribution is -2.27. The Bertz CT molecular complexity index is 868. The number of ether oxygens (including phenoxy) is 1. The summed E-state index contributed by atoms with van der Waals surface area (Å²) in [6.45, 7) is 10.8. The van der Waals surface area contributed by atoms with Crippen molar-refractivity contribution in [2.75, 3.05) is 31.1 Å². The van der Waals surface area contributed by atoms with Gasteiger partial charge in [0.1, 0.15) is 16.4 Å². The third kappa shape index (κ3) is 10.8. The molecule has 0 amide bonds. The Balaban J connectivity index is 0.000000347. The zero-order valence-electron chi connectivity index (χ0n) is 19.6. The lowest BCUT2D eigenvalue weighted by Gasteiger charge is -2.21. The van der Waals surface area contributed by atoms with Crippen molar-refractivity contribution in [2.45, 2.75) is 64.2 Å². The molecule has 0 aliphatic heterocycles. The topological polar surface area (TPSA) is 119 Å². The molecule has 0 saturated carbocycles. The van der Waals surface area contributed by atoms with Gasteiger partial charge in [0.15, 0.2) is 0 Å². The molecule has 0 heterocycles. The summed E-state index contributed by atoms with van der Waals surface area (Å²) in [7, 11) is -4.38. The highest BCUT2D eigenvalue weighted by Crippen LogP contribution is 2.28. The Labute approximate surface area is 193 Å². The van der Waals surface area contributed by atoms with Crippen LogP contribution in [0, 0.1) is 0 Å². The van der Waals surface area contributed by atoms with Gasteiger partial charge >= 0.3 is 0 Å². The summed E-state index contributed by atoms with van der Waals surface area (Å²) in [5, 5.41) is 0. The van der Waals surface area contributed by atoms with Crippen molar-refractivity contribution in [1.82, 2.24) is 4.90 Å². The van der Waals surface area contributed by atoms with Gasteiger partial charge < -0.3 is 21.1 Å². The van der Waals surface area contributed by atoms with Gasteiger partial charge in [0, 0.05) is 11.8 Å². The molecule has 0 bridgehead atoms. The molecule has 7 nitrogen and oxygen atoms in total. The summed E-state index contributed by atoms with van der Waals surface area (Å²) in [5.74, 6) is 0.729. The molecule has 0 spiro atoms. The number of rotatable bonds is 12. The van der Waals surface area contributed by atoms with E-state index in [0.717, 1.165) is 6.07 Å². The molecule has 5 N–H and O–H groups in total. The molecule has 0 aliphatic rings. The van der Waals surface area contributed by atoms with Crippen LogP contribution in [0.1, 0.15) is 59.3 Å². The number of hydrogen-bond acceptors (Lipinski definition) is 6. The molecule has 8 heteroatoms. The van der Waals surface area contributed by atoms with E-state index in [4.69, 9.17) is 20.8 Å². The first-order valence-electron chi connectivity index (χ1n) is 11.3. The van der Waals surface area contributed by atoms with E-state index in [9.17, 15) is 8.42 Å². The lowest BCUT2D eigenvalue weighted by molar-refractivity contribution is 0.261. The lowest BCUT2D eigenvalue weighted by atomic mass is 10.2. The predicted octanol–water partition coefficient (Wildman–Crippen LogP) is 5.58. The van der Waals surface area contributed by atoms with Crippen molar-refractivity contribution in [3.8, 4) is 11.5 Å². The zero-order chi connectivity index (χ0) is 24.0. The van der Waals surface area contributed by atoms with E-state index in [-0.39, 0.29) is 16.3 Å². The maximum Gasteiger partial charge on any atom is 0.296 e. The van der Waals surface area contributed by atoms with E-state index in [1.165, 1.54) is 70.3 Å². The van der Waals surface area contributed by atoms with Gasteiger partial charge in [-0.2, -0.15) is 8.42 Å². The molecule has 32 heavy (non-hydrogen) atoms. The molecule has 2 aromatic carbocycles. The smallest absolute Gasteiger partial charge is 0.296 e. The van der Waals surface area contributed by atoms with Crippen LogP contribution in [0.4, 0.5) is 11.4 Å². The first-order chi connectivity index (χ1) is 15.2. The maximum atomic E-state index is 11.1. The average Bonchev–Trinajstić information content (AvgIpc) is 2.76. The van der Waals surface area contributed by atoms with E-state index in [2.05, 4.69) is 25.7 Å². The van der Waals surface area contributed by atoms with Gasteiger partial charge in [0.2, 0.25) is 0 Å². The van der Waals surface area contributed by atoms with Crippen LogP contribution in [0.2, 0.25) is 0 Å². The molecule has 2 rings (SSSR count). The van der Waals surface area contributed by atoms with Gasteiger partial charge in [-0.1, -0.05) is 40.0 Å². The minimum absolute atomic E-state index is 0.0489. The number of nitrogens with two attached hydrogens (primary N) is 2. The molecule has 0 aromatic heterocycles. The molecule has 0 atom stereocenters. The highest BCUT2D eigenvalue weighted by atomic mass is 32.2. The SMILES string of the molecule is CCCCN(CCCC)CCCC.Nc1ccc(Oc2ccc(N)c(S(=O)(=O)O)c2)cc1. The largest absolute Gasteiger partial charge is 0.457 e. The van der Waals surface area contributed by atoms with Crippen LogP contribution < -0.4 is 16.2 Å². The van der Waals surface area contributed by atoms with E-state index in [1.807, 2.05) is 0 Å². The van der Waals surface area contributed by atoms with E-state index in [0.29, 0.717) is 11.4 Å². The molecule has 0 saturated heterocycles. The number of nitrogens with zero attached hydrogens (tertiary/aromatic N) is 1. The third-order valence-electron chi connectivity index (χ3n) is 4.86. The maximum absolute atomic E-state index is 11.1. The van der Waals surface area contributed by atoms with Crippen molar-refractivity contribution < 1.29 is 17.7 Å². The van der Waals surface area contributed by atoms with Gasteiger partial charge in [0.25, 0.3) is 10.1 Å². The zero-order valence-corrected chi connectivity index (χ0v) is 20.4. The second-order valence-corrected chi connectivity index (χ2v) is 9.14. The van der Waals surface area contributed by atoms with Gasteiger partial charge in [-0.15, -0.1) is 0 Å². The van der Waals surface area contributed by atoms with Crippen molar-refractivity contribution in [3.63, 3.8) is 0 Å². The summed E-state index contributed by atoms with van der Waals surface area (Å²) in [6.07, 6.45) is 8.09. The highest BCUT2D eigenvalue weighted by Gasteiger charge is 2.15. The second kappa shape index (κ2) is 14.7. The van der Waals surface area contributed by atoms with Crippen LogP contribution in [0.3, 0.4) is 0 Å². The van der Waals surface area contributed by atoms with E-state index >= 15 is 0 Å². The molecule has 2 aromatic rings. The van der Waals surface area contributed by atoms with Gasteiger partial charge in [0.05, 0.1) is 5.69 Å². The monoisotopic (exact) mass is 465 g/mol. The Hall–Kier alpha value is -2.29. The van der Waals surface area contributed by atoms with Crippen LogP contribution in [-0.4, -0.2) is 37.5 Å². The van der Waals surface area contributed by atoms with Gasteiger partial charge in [-0.05, 0) is 75.3 Å². The van der Waals surface area contributed by atoms with Crippen molar-refractivity contribution in [1.29, 1.82) is 0 Å². The number of nitrogen functional groups attached to an aromatic ring is 2. The second-order valence-electron chi connectivity index (χ2n) is 7.75. The summed E-state index contributed by atoms with van der Waals surface area (Å²) < 4.78 is 36.7. The molecular formula is C24H39N3O4S. The van der Waals surface area contributed by atoms with Crippen LogP contribution in [0.15, 0.2) is 47.4 Å². The van der Waals surface area contributed by atoms with Crippen molar-refractivity contribution in [3.05, 3.63) is 42.5 Å². The van der Waals surface area contributed by atoms with Crippen LogP contribution >= 0.6 is 0 Å². The third-order valence-corrected chi connectivity index (χ3v) is 5.77. The first kappa shape index (κ1) is 27.7. The first-order valence-corrected chi connectivity index (χ1v) is 12.8. The summed E-state index contributed by atoms with van der Waals surface area (Å²) in [4.78, 5) is 2.25. The number of hydrogen-bond donors (Lipinski definition) is 3. The molecule has 0 unspecified atom stereocenters. The molecular weight excluding hydrogens is 426 g/mol. The quantitative estimate of drug-likeness (QED) is 0.276. The average molecular weight is 466 g/mol. The van der Waals surface area contributed by atoms with Gasteiger partial charge in [-0.25, -0.2) is 0 Å². The number of anilines is 2. The van der Waals surface area contributed by atoms with Crippen molar-refractivity contribution in [2.24, 2.45) is 0 Å². The summed E-state index contributed by atoms with van der Waals surface area (Å²) in [5.41, 5.74) is 11.6. The molecule has 180 valence electrons. The molecule has 0 radical (unpaired) electrons. The minimum atomic E-state index is -4.38. The Morgan fingerprint density at radius 2 is 1.28 bits per heavy atom. The molecule has 0 fully saturated rings. The Kier molecular flexibility index (Phi) is 12.8. The van der Waals surface area contributed by atoms with Gasteiger partial charge in [-0.3, -0.25) is 4.55 Å². The Morgan fingerprint density at radius 3 is 1.72 bits per heavy atom. The fraction of sp³-hybridized carbons (Fsp3) is 0.500. The van der Waals surface area contributed by atoms with Crippen LogP contribution in [-0.2, 0) is 10.1 Å². The fourth-order valence-electron chi connectivity index (χ4n) is 2.95. The van der Waals surface area contributed by atoms with Crippen LogP contribution in [0.5, 0.6) is 11.5 Å². The minimum Gasteiger partial charge on any atom is -0.457 e. The predicted molar refractivity (Wildman–Crippen MR) is 133 cm³/mol. The van der Waals surface area contributed by atoms with E-state index in [1.54, 1.807) is 24.3 Å².